The normalized spacial score (nSPS) is 32.6. The predicted octanol–water partition coefficient (Wildman–Crippen LogP) is 2.26. The van der Waals surface area contributed by atoms with Gasteiger partial charge in [-0.15, -0.1) is 0 Å². The van der Waals surface area contributed by atoms with Crippen molar-refractivity contribution in [2.24, 2.45) is 0 Å². The first-order chi connectivity index (χ1) is 15.7. The first-order valence-electron chi connectivity index (χ1n) is 11.9. The van der Waals surface area contributed by atoms with E-state index < -0.39 is 0 Å². The summed E-state index contributed by atoms with van der Waals surface area (Å²) in [6.07, 6.45) is 15.4. The van der Waals surface area contributed by atoms with Crippen molar-refractivity contribution in [3.8, 4) is 0 Å². The molecule has 1 amide bonds. The lowest BCUT2D eigenvalue weighted by atomic mass is 9.88. The summed E-state index contributed by atoms with van der Waals surface area (Å²) in [7, 11) is 0. The molecule has 1 aromatic heterocycles. The maximum Gasteiger partial charge on any atom is 0.267 e. The molecule has 9 heteroatoms. The molecule has 9 nitrogen and oxygen atoms in total. The largest absolute Gasteiger partial charge is 0.370 e. The predicted molar refractivity (Wildman–Crippen MR) is 118 cm³/mol. The zero-order chi connectivity index (χ0) is 21.8. The molecule has 0 radical (unpaired) electrons. The number of hydrogen-bond acceptors (Lipinski definition) is 8. The first kappa shape index (κ1) is 21.8. The van der Waals surface area contributed by atoms with E-state index in [4.69, 9.17) is 14.3 Å². The number of nitrogens with one attached hydrogen (secondary N) is 2. The van der Waals surface area contributed by atoms with Crippen molar-refractivity contribution in [1.29, 1.82) is 0 Å². The van der Waals surface area contributed by atoms with E-state index in [1.807, 2.05) is 0 Å². The fourth-order valence-corrected chi connectivity index (χ4v) is 5.23. The highest BCUT2D eigenvalue weighted by atomic mass is 16.8. The molecule has 2 unspecified atom stereocenters. The number of fused-ring (bicyclic) bond motifs is 2. The van der Waals surface area contributed by atoms with Crippen LogP contribution in [-0.4, -0.2) is 71.1 Å². The Labute approximate surface area is 188 Å². The Kier molecular flexibility index (Phi) is 6.68. The molecular formula is C23H33N5O4. The number of aromatic nitrogens is 2. The minimum absolute atomic E-state index is 0.119. The van der Waals surface area contributed by atoms with E-state index >= 15 is 0 Å². The summed E-state index contributed by atoms with van der Waals surface area (Å²) in [4.78, 5) is 28.5. The van der Waals surface area contributed by atoms with Crippen molar-refractivity contribution in [2.75, 3.05) is 31.6 Å². The van der Waals surface area contributed by atoms with E-state index in [0.29, 0.717) is 24.4 Å². The maximum absolute atomic E-state index is 11.9. The molecule has 174 valence electrons. The van der Waals surface area contributed by atoms with Crippen LogP contribution in [0.25, 0.3) is 6.08 Å². The number of anilines is 1. The van der Waals surface area contributed by atoms with Crippen molar-refractivity contribution in [1.82, 2.24) is 20.3 Å². The van der Waals surface area contributed by atoms with Crippen LogP contribution in [-0.2, 0) is 19.1 Å². The molecule has 2 atom stereocenters. The molecule has 4 saturated heterocycles. The second-order valence-electron chi connectivity index (χ2n) is 9.41. The van der Waals surface area contributed by atoms with E-state index in [9.17, 15) is 4.79 Å². The molecule has 1 aromatic rings. The van der Waals surface area contributed by atoms with Crippen LogP contribution < -0.4 is 10.8 Å². The third-order valence-corrected chi connectivity index (χ3v) is 6.90. The SMILES string of the molecule is O=C(/C=C/c1cnc(NC2CCN(CC34CCC(CC3)O4)C2)cn1)NOC1CCCCO1. The van der Waals surface area contributed by atoms with Gasteiger partial charge in [0.1, 0.15) is 5.82 Å². The van der Waals surface area contributed by atoms with Gasteiger partial charge in [0.25, 0.3) is 5.91 Å². The first-order valence-corrected chi connectivity index (χ1v) is 11.9. The summed E-state index contributed by atoms with van der Waals surface area (Å²) in [5.74, 6) is 0.404. The number of carbonyl (C=O) groups excluding carboxylic acids is 1. The van der Waals surface area contributed by atoms with Gasteiger partial charge in [0.2, 0.25) is 0 Å². The molecule has 2 bridgehead atoms. The number of likely N-dealkylation sites (tertiary alicyclic amines) is 1. The Morgan fingerprint density at radius 3 is 2.84 bits per heavy atom. The number of hydrogen-bond donors (Lipinski definition) is 2. The van der Waals surface area contributed by atoms with Gasteiger partial charge in [-0.2, -0.15) is 0 Å². The monoisotopic (exact) mass is 443 g/mol. The molecule has 2 N–H and O–H groups in total. The second kappa shape index (κ2) is 9.82. The number of carbonyl (C=O) groups is 1. The van der Waals surface area contributed by atoms with Gasteiger partial charge in [-0.1, -0.05) is 0 Å². The highest BCUT2D eigenvalue weighted by Gasteiger charge is 2.47. The Balaban J connectivity index is 1.04. The lowest BCUT2D eigenvalue weighted by Crippen LogP contribution is -2.41. The molecule has 4 aliphatic heterocycles. The van der Waals surface area contributed by atoms with Crippen molar-refractivity contribution >= 4 is 17.8 Å². The summed E-state index contributed by atoms with van der Waals surface area (Å²) < 4.78 is 11.7. The average Bonchev–Trinajstić information content (AvgIpc) is 3.54. The smallest absolute Gasteiger partial charge is 0.267 e. The quantitative estimate of drug-likeness (QED) is 0.466. The summed E-state index contributed by atoms with van der Waals surface area (Å²) in [5, 5.41) is 3.49. The van der Waals surface area contributed by atoms with Crippen molar-refractivity contribution in [3.05, 3.63) is 24.2 Å². The summed E-state index contributed by atoms with van der Waals surface area (Å²) in [5.41, 5.74) is 3.13. The number of rotatable bonds is 8. The Morgan fingerprint density at radius 1 is 1.22 bits per heavy atom. The Morgan fingerprint density at radius 2 is 2.12 bits per heavy atom. The number of hydroxylamine groups is 1. The number of amides is 1. The van der Waals surface area contributed by atoms with Gasteiger partial charge in [0, 0.05) is 44.8 Å². The molecule has 0 aliphatic carbocycles. The van der Waals surface area contributed by atoms with E-state index in [2.05, 4.69) is 25.7 Å². The lowest BCUT2D eigenvalue weighted by Gasteiger charge is -2.30. The maximum atomic E-state index is 11.9. The topological polar surface area (TPSA) is 97.8 Å². The molecule has 32 heavy (non-hydrogen) atoms. The highest BCUT2D eigenvalue weighted by Crippen LogP contribution is 2.44. The van der Waals surface area contributed by atoms with Crippen LogP contribution in [0.2, 0.25) is 0 Å². The summed E-state index contributed by atoms with van der Waals surface area (Å²) in [6.45, 7) is 3.81. The van der Waals surface area contributed by atoms with E-state index in [1.165, 1.54) is 31.8 Å². The zero-order valence-corrected chi connectivity index (χ0v) is 18.5. The average molecular weight is 444 g/mol. The molecule has 0 saturated carbocycles. The van der Waals surface area contributed by atoms with E-state index in [-0.39, 0.29) is 17.8 Å². The van der Waals surface area contributed by atoms with Crippen LogP contribution in [0.15, 0.2) is 18.5 Å². The van der Waals surface area contributed by atoms with Crippen molar-refractivity contribution in [2.45, 2.75) is 75.4 Å². The van der Waals surface area contributed by atoms with Crippen LogP contribution in [0.1, 0.15) is 57.1 Å². The van der Waals surface area contributed by atoms with Crippen molar-refractivity contribution in [3.63, 3.8) is 0 Å². The Bertz CT molecular complexity index is 803. The van der Waals surface area contributed by atoms with Gasteiger partial charge in [0.05, 0.1) is 29.8 Å². The molecule has 4 fully saturated rings. The standard InChI is InChI=1S/C23H33N5O4/c29-21(27-32-22-3-1-2-12-30-22)5-4-17-13-25-20(14-24-17)26-18-8-11-28(15-18)16-23-9-6-19(31-23)7-10-23/h4-5,13-14,18-19,22H,1-3,6-12,15-16H2,(H,25,26)(H,27,29)/b5-4+. The zero-order valence-electron chi connectivity index (χ0n) is 18.5. The molecule has 4 aliphatic rings. The van der Waals surface area contributed by atoms with Gasteiger partial charge >= 0.3 is 0 Å². The van der Waals surface area contributed by atoms with Gasteiger partial charge in [-0.05, 0) is 51.0 Å². The van der Waals surface area contributed by atoms with Crippen LogP contribution in [0.3, 0.4) is 0 Å². The van der Waals surface area contributed by atoms with Gasteiger partial charge in [-0.25, -0.2) is 15.3 Å². The van der Waals surface area contributed by atoms with E-state index in [1.54, 1.807) is 18.5 Å². The molecule has 5 rings (SSSR count). The third kappa shape index (κ3) is 5.46. The Hall–Kier alpha value is -2.07. The number of nitrogens with zero attached hydrogens (tertiary/aromatic N) is 3. The van der Waals surface area contributed by atoms with Gasteiger partial charge < -0.3 is 14.8 Å². The summed E-state index contributed by atoms with van der Waals surface area (Å²) >= 11 is 0. The fraction of sp³-hybridized carbons (Fsp3) is 0.696. The molecule has 0 aromatic carbocycles. The highest BCUT2D eigenvalue weighted by molar-refractivity contribution is 5.90. The van der Waals surface area contributed by atoms with Crippen LogP contribution in [0.4, 0.5) is 5.82 Å². The van der Waals surface area contributed by atoms with Gasteiger partial charge in [-0.3, -0.25) is 14.7 Å². The lowest BCUT2D eigenvalue weighted by molar-refractivity contribution is -0.198. The minimum Gasteiger partial charge on any atom is -0.370 e. The number of ether oxygens (including phenoxy) is 2. The fourth-order valence-electron chi connectivity index (χ4n) is 5.23. The van der Waals surface area contributed by atoms with Crippen molar-refractivity contribution < 1.29 is 19.1 Å². The van der Waals surface area contributed by atoms with Crippen LogP contribution in [0, 0.1) is 0 Å². The second-order valence-corrected chi connectivity index (χ2v) is 9.41. The van der Waals surface area contributed by atoms with E-state index in [0.717, 1.165) is 51.1 Å². The third-order valence-electron chi connectivity index (χ3n) is 6.90. The molecular weight excluding hydrogens is 410 g/mol. The summed E-state index contributed by atoms with van der Waals surface area (Å²) in [6, 6.07) is 0.366. The minimum atomic E-state index is -0.363. The van der Waals surface area contributed by atoms with Gasteiger partial charge in [0.15, 0.2) is 6.29 Å². The molecule has 5 heterocycles. The van der Waals surface area contributed by atoms with Crippen LogP contribution >= 0.6 is 0 Å². The molecule has 0 spiro atoms. The van der Waals surface area contributed by atoms with Crippen LogP contribution in [0.5, 0.6) is 0 Å².